The summed E-state index contributed by atoms with van der Waals surface area (Å²) >= 11 is 0. The average Bonchev–Trinajstić information content (AvgIpc) is 2.86. The third kappa shape index (κ3) is 4.32. The number of unbranched alkanes of at least 4 members (excludes halogenated alkanes) is 1. The van der Waals surface area contributed by atoms with E-state index in [0.29, 0.717) is 6.54 Å². The summed E-state index contributed by atoms with van der Waals surface area (Å²) in [5, 5.41) is 44.6. The maximum atomic E-state index is 15.9. The van der Waals surface area contributed by atoms with Gasteiger partial charge in [0.15, 0.2) is 11.4 Å². The number of rotatable bonds is 8. The van der Waals surface area contributed by atoms with E-state index in [4.69, 9.17) is 5.73 Å². The number of nitrogens with zero attached hydrogens (tertiary/aromatic N) is 2. The molecule has 0 bridgehead atoms. The summed E-state index contributed by atoms with van der Waals surface area (Å²) in [5.74, 6) is -8.17. The van der Waals surface area contributed by atoms with E-state index in [1.807, 2.05) is 11.8 Å². The average molecular weight is 546 g/mol. The first-order chi connectivity index (χ1) is 18.3. The summed E-state index contributed by atoms with van der Waals surface area (Å²) in [6.07, 6.45) is 1.73. The molecule has 1 amide bonds. The maximum Gasteiger partial charge on any atom is 0.255 e. The van der Waals surface area contributed by atoms with Crippen LogP contribution in [0.2, 0.25) is 0 Å². The Morgan fingerprint density at radius 1 is 1.21 bits per heavy atom. The van der Waals surface area contributed by atoms with Gasteiger partial charge in [0.2, 0.25) is 5.78 Å². The van der Waals surface area contributed by atoms with Crippen molar-refractivity contribution in [2.75, 3.05) is 27.2 Å². The minimum Gasteiger partial charge on any atom is -0.510 e. The highest BCUT2D eigenvalue weighted by Crippen LogP contribution is 2.52. The maximum absolute atomic E-state index is 15.9. The van der Waals surface area contributed by atoms with Crippen molar-refractivity contribution in [2.45, 2.75) is 57.7 Å². The molecule has 4 atom stereocenters. The van der Waals surface area contributed by atoms with Gasteiger partial charge in [-0.1, -0.05) is 20.3 Å². The Balaban J connectivity index is 1.84. The monoisotopic (exact) mass is 545 g/mol. The lowest BCUT2D eigenvalue weighted by Gasteiger charge is -2.50. The molecular formula is C28H36FN3O7. The van der Waals surface area contributed by atoms with Gasteiger partial charge in [0.25, 0.3) is 5.91 Å². The number of fused-ring (bicyclic) bond motifs is 3. The van der Waals surface area contributed by atoms with Crippen molar-refractivity contribution >= 4 is 17.5 Å². The second-order valence-electron chi connectivity index (χ2n) is 10.9. The molecule has 3 aliphatic carbocycles. The van der Waals surface area contributed by atoms with Crippen molar-refractivity contribution in [2.24, 2.45) is 17.6 Å². The summed E-state index contributed by atoms with van der Waals surface area (Å²) in [4.78, 5) is 42.5. The van der Waals surface area contributed by atoms with Gasteiger partial charge in [-0.25, -0.2) is 4.39 Å². The molecule has 0 aromatic heterocycles. The van der Waals surface area contributed by atoms with Gasteiger partial charge < -0.3 is 26.2 Å². The van der Waals surface area contributed by atoms with Gasteiger partial charge >= 0.3 is 0 Å². The highest BCUT2D eigenvalue weighted by Gasteiger charge is 2.63. The Bertz CT molecular complexity index is 1300. The minimum absolute atomic E-state index is 0.00895. The molecule has 11 heteroatoms. The second kappa shape index (κ2) is 10.4. The molecule has 10 nitrogen and oxygen atoms in total. The van der Waals surface area contributed by atoms with Crippen molar-refractivity contribution < 1.29 is 39.2 Å². The Morgan fingerprint density at radius 3 is 2.44 bits per heavy atom. The molecule has 0 saturated carbocycles. The molecule has 39 heavy (non-hydrogen) atoms. The standard InChI is InChI=1S/C28H36FN3O7/c1-5-7-8-32(6-2)12-14-11-17(33)19-15(21(14)29)9-13-10-16-22(31(3)4)24(35)20(27(30)38)26(37)28(16,39)25(36)18(13)23(19)34/h11,13,16,22,33,35-36,39H,5-10,12H2,1-4H3,(H2,30,38)/t13-,16-,22-,28-/m0/s1. The minimum atomic E-state index is -2.72. The Morgan fingerprint density at radius 2 is 1.87 bits per heavy atom. The number of aliphatic hydroxyl groups excluding tert-OH is 2. The molecule has 212 valence electrons. The number of carbonyl (C=O) groups is 3. The molecule has 0 radical (unpaired) electrons. The molecule has 3 aliphatic rings. The Labute approximate surface area is 226 Å². The van der Waals surface area contributed by atoms with E-state index in [1.54, 1.807) is 14.1 Å². The van der Waals surface area contributed by atoms with Gasteiger partial charge in [-0.15, -0.1) is 0 Å². The summed E-state index contributed by atoms with van der Waals surface area (Å²) in [5.41, 5.74) is 1.35. The van der Waals surface area contributed by atoms with Gasteiger partial charge in [0.1, 0.15) is 28.7 Å². The van der Waals surface area contributed by atoms with Crippen molar-refractivity contribution in [1.82, 2.24) is 9.80 Å². The molecule has 0 aliphatic heterocycles. The fourth-order valence-corrected chi connectivity index (χ4v) is 6.44. The number of phenolic OH excluding ortho intramolecular Hbond substituents is 1. The van der Waals surface area contributed by atoms with Crippen LogP contribution in [-0.2, 0) is 22.6 Å². The van der Waals surface area contributed by atoms with Gasteiger partial charge in [0.05, 0.1) is 11.6 Å². The summed E-state index contributed by atoms with van der Waals surface area (Å²) in [6, 6.07) is 0.107. The number of carbonyl (C=O) groups excluding carboxylic acids is 3. The van der Waals surface area contributed by atoms with Crippen LogP contribution in [0.15, 0.2) is 28.7 Å². The lowest BCUT2D eigenvalue weighted by Crippen LogP contribution is -2.63. The lowest BCUT2D eigenvalue weighted by molar-refractivity contribution is -0.148. The molecule has 0 heterocycles. The van der Waals surface area contributed by atoms with Gasteiger partial charge in [-0.2, -0.15) is 0 Å². The third-order valence-corrected chi connectivity index (χ3v) is 8.40. The van der Waals surface area contributed by atoms with Crippen molar-refractivity contribution in [3.63, 3.8) is 0 Å². The third-order valence-electron chi connectivity index (χ3n) is 8.40. The van der Waals surface area contributed by atoms with Crippen LogP contribution in [-0.4, -0.2) is 86.5 Å². The number of benzene rings is 1. The topological polar surface area (TPSA) is 165 Å². The molecule has 1 aromatic rings. The van der Waals surface area contributed by atoms with Crippen LogP contribution in [0.1, 0.15) is 54.6 Å². The second-order valence-corrected chi connectivity index (χ2v) is 10.9. The largest absolute Gasteiger partial charge is 0.510 e. The predicted molar refractivity (Wildman–Crippen MR) is 139 cm³/mol. The van der Waals surface area contributed by atoms with Crippen molar-refractivity contribution in [3.8, 4) is 5.75 Å². The number of phenols is 1. The molecular weight excluding hydrogens is 509 g/mol. The zero-order valence-electron chi connectivity index (χ0n) is 22.6. The number of allylic oxidation sites excluding steroid dienone is 1. The van der Waals surface area contributed by atoms with E-state index >= 15 is 4.39 Å². The number of amides is 1. The van der Waals surface area contributed by atoms with Crippen LogP contribution < -0.4 is 5.73 Å². The molecule has 6 N–H and O–H groups in total. The number of Topliss-reactive ketones (excluding diaryl/α,β-unsaturated/α-hetero) is 2. The van der Waals surface area contributed by atoms with Crippen LogP contribution in [0.4, 0.5) is 4.39 Å². The molecule has 0 unspecified atom stereocenters. The fraction of sp³-hybridized carbons (Fsp3) is 0.536. The number of ketones is 2. The molecule has 0 spiro atoms. The van der Waals surface area contributed by atoms with Crippen LogP contribution in [0, 0.1) is 17.7 Å². The summed E-state index contributed by atoms with van der Waals surface area (Å²) in [6.45, 7) is 5.67. The quantitative estimate of drug-likeness (QED) is 0.307. The molecule has 1 aromatic carbocycles. The smallest absolute Gasteiger partial charge is 0.255 e. The first-order valence-electron chi connectivity index (χ1n) is 13.2. The summed E-state index contributed by atoms with van der Waals surface area (Å²) < 4.78 is 15.9. The molecule has 4 rings (SSSR count). The fourth-order valence-electron chi connectivity index (χ4n) is 6.44. The number of aromatic hydroxyl groups is 1. The Hall–Kier alpha value is -3.28. The van der Waals surface area contributed by atoms with E-state index in [0.717, 1.165) is 19.4 Å². The zero-order valence-corrected chi connectivity index (χ0v) is 22.6. The highest BCUT2D eigenvalue weighted by molar-refractivity contribution is 6.24. The van der Waals surface area contributed by atoms with Crippen molar-refractivity contribution in [3.05, 3.63) is 51.2 Å². The van der Waals surface area contributed by atoms with E-state index < -0.39 is 69.6 Å². The Kier molecular flexibility index (Phi) is 7.63. The lowest BCUT2D eigenvalue weighted by atomic mass is 9.58. The van der Waals surface area contributed by atoms with Crippen molar-refractivity contribution in [1.29, 1.82) is 0 Å². The van der Waals surface area contributed by atoms with Crippen LogP contribution in [0.25, 0.3) is 0 Å². The zero-order chi connectivity index (χ0) is 29.0. The van der Waals surface area contributed by atoms with Gasteiger partial charge in [-0.05, 0) is 58.4 Å². The first kappa shape index (κ1) is 28.7. The van der Waals surface area contributed by atoms with E-state index in [2.05, 4.69) is 6.92 Å². The number of halogens is 1. The van der Waals surface area contributed by atoms with Gasteiger partial charge in [-0.3, -0.25) is 24.2 Å². The van der Waals surface area contributed by atoms with Crippen LogP contribution in [0.3, 0.4) is 0 Å². The number of aliphatic hydroxyl groups is 3. The van der Waals surface area contributed by atoms with E-state index in [9.17, 15) is 34.8 Å². The predicted octanol–water partition coefficient (Wildman–Crippen LogP) is 1.88. The van der Waals surface area contributed by atoms with E-state index in [1.165, 1.54) is 11.0 Å². The van der Waals surface area contributed by atoms with Crippen LogP contribution in [0.5, 0.6) is 5.75 Å². The number of hydrogen-bond acceptors (Lipinski definition) is 9. The van der Waals surface area contributed by atoms with E-state index in [-0.39, 0.29) is 41.6 Å². The number of primary amides is 1. The summed E-state index contributed by atoms with van der Waals surface area (Å²) in [7, 11) is 3.10. The SMILES string of the molecule is CCCCN(CC)Cc1cc(O)c2c(c1F)C[C@H]1C[C@H]3[C@H](N(C)C)C(O)=C(C(N)=O)C(=O)[C@@]3(O)C(O)=C1C2=O. The highest BCUT2D eigenvalue weighted by atomic mass is 19.1. The van der Waals surface area contributed by atoms with Gasteiger partial charge in [0, 0.05) is 29.2 Å². The normalized spacial score (nSPS) is 26.7. The number of nitrogens with two attached hydrogens (primary N) is 1. The molecule has 0 fully saturated rings. The molecule has 0 saturated heterocycles. The number of likely N-dealkylation sites (N-methyl/N-ethyl adjacent to an activating group) is 1. The number of hydrogen-bond donors (Lipinski definition) is 5. The van der Waals surface area contributed by atoms with Crippen LogP contribution >= 0.6 is 0 Å². The first-order valence-corrected chi connectivity index (χ1v) is 13.2.